The van der Waals surface area contributed by atoms with Gasteiger partial charge < -0.3 is 94.1 Å². The minimum absolute atomic E-state index is 0.0420. The van der Waals surface area contributed by atoms with Crippen molar-refractivity contribution in [1.29, 1.82) is 0 Å². The third-order valence-corrected chi connectivity index (χ3v) is 19.0. The molecule has 10 aliphatic rings. The molecule has 0 aromatic heterocycles. The Kier molecular flexibility index (Phi) is 14.3. The molecule has 2 bridgehead atoms. The molecule has 0 aromatic rings. The van der Waals surface area contributed by atoms with Gasteiger partial charge in [-0.05, 0) is 87.9 Å². The van der Waals surface area contributed by atoms with Gasteiger partial charge in [-0.15, -0.1) is 0 Å². The normalized spacial score (nSPS) is 55.0. The van der Waals surface area contributed by atoms with Gasteiger partial charge >= 0.3 is 11.9 Å². The number of ether oxygens (including phenoxy) is 8. The van der Waals surface area contributed by atoms with Crippen LogP contribution >= 0.6 is 0 Å². The fourth-order valence-electron chi connectivity index (χ4n) is 14.8. The Labute approximate surface area is 400 Å². The second-order valence-electron chi connectivity index (χ2n) is 22.6. The molecule has 21 heteroatoms. The van der Waals surface area contributed by atoms with Gasteiger partial charge in [0.05, 0.1) is 36.9 Å². The fraction of sp³-hybridized carbons (Fsp3) is 0.917. The van der Waals surface area contributed by atoms with Gasteiger partial charge in [0.2, 0.25) is 0 Å². The first kappa shape index (κ1) is 51.9. The van der Waals surface area contributed by atoms with Crippen LogP contribution in [0.2, 0.25) is 0 Å². The number of esters is 2. The van der Waals surface area contributed by atoms with Gasteiger partial charge in [-0.3, -0.25) is 9.59 Å². The van der Waals surface area contributed by atoms with Crippen molar-refractivity contribution in [2.45, 2.75) is 208 Å². The second-order valence-corrected chi connectivity index (χ2v) is 22.6. The maximum absolute atomic E-state index is 13.1. The molecule has 5 aliphatic carbocycles. The summed E-state index contributed by atoms with van der Waals surface area (Å²) in [5, 5.41) is 117. The quantitative estimate of drug-likeness (QED) is 0.0790. The van der Waals surface area contributed by atoms with Gasteiger partial charge in [-0.1, -0.05) is 25.5 Å². The zero-order chi connectivity index (χ0) is 49.9. The number of aliphatic hydroxyl groups is 11. The van der Waals surface area contributed by atoms with E-state index >= 15 is 0 Å². The molecule has 5 aliphatic heterocycles. The van der Waals surface area contributed by atoms with Crippen LogP contribution in [0.4, 0.5) is 0 Å². The van der Waals surface area contributed by atoms with Crippen LogP contribution in [0, 0.1) is 45.8 Å². The molecule has 0 aromatic carbocycles. The monoisotopic (exact) mass is 986 g/mol. The molecule has 5 heterocycles. The molecule has 21 nitrogen and oxygen atoms in total. The predicted octanol–water partition coefficient (Wildman–Crippen LogP) is -1.97. The fourth-order valence-corrected chi connectivity index (χ4v) is 14.8. The number of aliphatic hydroxyl groups excluding tert-OH is 10. The molecule has 9 fully saturated rings. The first-order chi connectivity index (χ1) is 32.5. The zero-order valence-corrected chi connectivity index (χ0v) is 39.8. The first-order valence-electron chi connectivity index (χ1n) is 24.8. The van der Waals surface area contributed by atoms with Crippen molar-refractivity contribution in [3.63, 3.8) is 0 Å². The van der Waals surface area contributed by atoms with Crippen LogP contribution in [0.5, 0.6) is 0 Å². The highest BCUT2D eigenvalue weighted by Crippen LogP contribution is 2.70. The molecule has 392 valence electrons. The maximum atomic E-state index is 13.1. The van der Waals surface area contributed by atoms with Crippen molar-refractivity contribution in [3.05, 3.63) is 11.6 Å². The summed E-state index contributed by atoms with van der Waals surface area (Å²) < 4.78 is 48.0. The lowest BCUT2D eigenvalue weighted by atomic mass is 9.45. The van der Waals surface area contributed by atoms with E-state index in [1.54, 1.807) is 6.92 Å². The summed E-state index contributed by atoms with van der Waals surface area (Å²) in [6.07, 6.45) is -18.7. The van der Waals surface area contributed by atoms with Crippen molar-refractivity contribution < 1.29 is 104 Å². The molecule has 10 rings (SSSR count). The lowest BCUT2D eigenvalue weighted by Gasteiger charge is -2.62. The van der Waals surface area contributed by atoms with Crippen LogP contribution < -0.4 is 0 Å². The molecular weight excluding hydrogens is 913 g/mol. The van der Waals surface area contributed by atoms with Crippen LogP contribution in [0.1, 0.15) is 92.4 Å². The maximum Gasteiger partial charge on any atom is 0.315 e. The summed E-state index contributed by atoms with van der Waals surface area (Å²) in [6.45, 7) is 7.40. The standard InChI is InChI=1S/C48H74O21/c1-19(51)63-31-13-21(12-20-6-7-22-24-8-9-25(45(24,2)11-10-26(22)48(20,31)5)23-14-46(3)44(60)68-27(23)15-47(46,4)61)64-43-40(69-42-39(59)36(56)33(53)29(17-50)66-42)37(57)34(54)30(67-43)18-62-41-38(58)35(55)32(52)28(16-49)65-41/h6,21-43,49-50,52-59,61H,7-18H2,1-5H3. The Morgan fingerprint density at radius 3 is 1.93 bits per heavy atom. The molecular formula is C48H74O21. The largest absolute Gasteiger partial charge is 0.462 e. The SMILES string of the molecule is CC(=O)OC1CC(OC2OC(COC3OC(CO)C(O)C(O)C3O)C(O)C(O)C2OC2OC(CO)C(O)C(O)C2O)CC2=CCC3C4CCC(C5CC6(C)C(=O)OC5CC6(C)O)C4(C)CCC3C21C. The Bertz CT molecular complexity index is 1910. The Hall–Kier alpha value is -2.00. The van der Waals surface area contributed by atoms with Crippen molar-refractivity contribution in [2.75, 3.05) is 19.8 Å². The zero-order valence-electron chi connectivity index (χ0n) is 39.8. The van der Waals surface area contributed by atoms with E-state index in [0.29, 0.717) is 31.1 Å². The molecule has 27 atom stereocenters. The van der Waals surface area contributed by atoms with E-state index in [0.717, 1.165) is 37.7 Å². The smallest absolute Gasteiger partial charge is 0.315 e. The lowest BCUT2D eigenvalue weighted by Crippen LogP contribution is -2.66. The van der Waals surface area contributed by atoms with E-state index in [9.17, 15) is 65.8 Å². The topological polar surface area (TPSA) is 331 Å². The third-order valence-electron chi connectivity index (χ3n) is 19.0. The van der Waals surface area contributed by atoms with Crippen LogP contribution in [-0.2, 0) is 47.5 Å². The molecule has 0 spiro atoms. The molecule has 0 radical (unpaired) electrons. The highest BCUT2D eigenvalue weighted by molar-refractivity contribution is 5.80. The number of carbonyl (C=O) groups is 2. The van der Waals surface area contributed by atoms with Gasteiger partial charge in [0.15, 0.2) is 18.9 Å². The first-order valence-corrected chi connectivity index (χ1v) is 24.8. The molecule has 11 N–H and O–H groups in total. The van der Waals surface area contributed by atoms with Crippen LogP contribution in [-0.4, -0.2) is 204 Å². The van der Waals surface area contributed by atoms with E-state index in [1.165, 1.54) is 6.92 Å². The van der Waals surface area contributed by atoms with Crippen molar-refractivity contribution >= 4 is 11.9 Å². The van der Waals surface area contributed by atoms with Crippen LogP contribution in [0.3, 0.4) is 0 Å². The van der Waals surface area contributed by atoms with Gasteiger partial charge in [-0.25, -0.2) is 0 Å². The molecule has 0 amide bonds. The average Bonchev–Trinajstić information content (AvgIpc) is 3.65. The molecule has 27 unspecified atom stereocenters. The Morgan fingerprint density at radius 2 is 1.30 bits per heavy atom. The van der Waals surface area contributed by atoms with E-state index in [-0.39, 0.29) is 41.7 Å². The van der Waals surface area contributed by atoms with E-state index in [4.69, 9.17) is 37.9 Å². The molecule has 5 saturated heterocycles. The lowest BCUT2D eigenvalue weighted by molar-refractivity contribution is -0.377. The minimum Gasteiger partial charge on any atom is -0.462 e. The summed E-state index contributed by atoms with van der Waals surface area (Å²) in [7, 11) is 0. The summed E-state index contributed by atoms with van der Waals surface area (Å²) in [5.41, 5.74) is -1.73. The van der Waals surface area contributed by atoms with E-state index < -0.39 is 147 Å². The van der Waals surface area contributed by atoms with Crippen LogP contribution in [0.25, 0.3) is 0 Å². The predicted molar refractivity (Wildman–Crippen MR) is 231 cm³/mol. The van der Waals surface area contributed by atoms with E-state index in [1.807, 2.05) is 6.92 Å². The van der Waals surface area contributed by atoms with Crippen LogP contribution in [0.15, 0.2) is 11.6 Å². The summed E-state index contributed by atoms with van der Waals surface area (Å²) in [4.78, 5) is 26.1. The summed E-state index contributed by atoms with van der Waals surface area (Å²) >= 11 is 0. The minimum atomic E-state index is -1.90. The van der Waals surface area contributed by atoms with Crippen molar-refractivity contribution in [3.8, 4) is 0 Å². The Balaban J connectivity index is 0.960. The Morgan fingerprint density at radius 1 is 0.710 bits per heavy atom. The third kappa shape index (κ3) is 8.53. The summed E-state index contributed by atoms with van der Waals surface area (Å²) in [6, 6.07) is 0. The average molecular weight is 987 g/mol. The highest BCUT2D eigenvalue weighted by atomic mass is 16.8. The molecule has 4 saturated carbocycles. The van der Waals surface area contributed by atoms with Crippen molar-refractivity contribution in [2.24, 2.45) is 45.8 Å². The number of rotatable bonds is 11. The number of allylic oxidation sites excluding steroid dienone is 1. The van der Waals surface area contributed by atoms with Gasteiger partial charge in [0.25, 0.3) is 0 Å². The van der Waals surface area contributed by atoms with Gasteiger partial charge in [-0.2, -0.15) is 0 Å². The van der Waals surface area contributed by atoms with Gasteiger partial charge in [0, 0.05) is 31.1 Å². The van der Waals surface area contributed by atoms with E-state index in [2.05, 4.69) is 19.9 Å². The van der Waals surface area contributed by atoms with Crippen molar-refractivity contribution in [1.82, 2.24) is 0 Å². The molecule has 69 heavy (non-hydrogen) atoms. The number of fused-ring (bicyclic) bond motifs is 8. The van der Waals surface area contributed by atoms with Gasteiger partial charge in [0.1, 0.15) is 85.5 Å². The number of hydrogen-bond acceptors (Lipinski definition) is 21. The second kappa shape index (κ2) is 19.0. The number of hydrogen-bond donors (Lipinski definition) is 11. The highest BCUT2D eigenvalue weighted by Gasteiger charge is 2.68. The number of carbonyl (C=O) groups excluding carboxylic acids is 2. The summed E-state index contributed by atoms with van der Waals surface area (Å²) in [5.74, 6) is 0.374.